The topological polar surface area (TPSA) is 55.9 Å². The monoisotopic (exact) mass is 234 g/mol. The molecule has 0 aromatic carbocycles. The van der Waals surface area contributed by atoms with Crippen LogP contribution in [-0.2, 0) is 13.0 Å². The van der Waals surface area contributed by atoms with Gasteiger partial charge < -0.3 is 9.73 Å². The second-order valence-electron chi connectivity index (χ2n) is 3.82. The van der Waals surface area contributed by atoms with Crippen LogP contribution in [0.2, 0.25) is 0 Å². The Labute approximate surface area is 101 Å². The lowest BCUT2D eigenvalue weighted by Crippen LogP contribution is -2.24. The largest absolute Gasteiger partial charge is 0.468 e. The molecule has 92 valence electrons. The van der Waals surface area contributed by atoms with E-state index in [2.05, 4.69) is 29.2 Å². The van der Waals surface area contributed by atoms with Crippen molar-refractivity contribution >= 4 is 0 Å². The van der Waals surface area contributed by atoms with E-state index in [-0.39, 0.29) is 6.04 Å². The van der Waals surface area contributed by atoms with Crippen molar-refractivity contribution in [1.82, 2.24) is 20.1 Å². The van der Waals surface area contributed by atoms with Crippen LogP contribution in [-0.4, -0.2) is 21.3 Å². The lowest BCUT2D eigenvalue weighted by Gasteiger charge is -2.15. The van der Waals surface area contributed by atoms with E-state index in [1.54, 1.807) is 12.6 Å². The Morgan fingerprint density at radius 3 is 3.00 bits per heavy atom. The van der Waals surface area contributed by atoms with Crippen LogP contribution < -0.4 is 5.32 Å². The first-order valence-corrected chi connectivity index (χ1v) is 5.98. The molecule has 2 heterocycles. The summed E-state index contributed by atoms with van der Waals surface area (Å²) in [6, 6.07) is 4.05. The maximum Gasteiger partial charge on any atom is 0.138 e. The van der Waals surface area contributed by atoms with Gasteiger partial charge in [-0.05, 0) is 25.6 Å². The summed E-state index contributed by atoms with van der Waals surface area (Å²) in [5.74, 6) is 1.92. The predicted molar refractivity (Wildman–Crippen MR) is 64.5 cm³/mol. The number of nitrogens with one attached hydrogen (secondary N) is 1. The predicted octanol–water partition coefficient (Wildman–Crippen LogP) is 1.78. The number of furan rings is 1. The fraction of sp³-hybridized carbons (Fsp3) is 0.500. The van der Waals surface area contributed by atoms with Crippen molar-refractivity contribution in [3.8, 4) is 0 Å². The molecule has 17 heavy (non-hydrogen) atoms. The quantitative estimate of drug-likeness (QED) is 0.827. The third kappa shape index (κ3) is 2.74. The second kappa shape index (κ2) is 5.63. The minimum Gasteiger partial charge on any atom is -0.468 e. The molecule has 0 bridgehead atoms. The Morgan fingerprint density at radius 1 is 1.47 bits per heavy atom. The normalized spacial score (nSPS) is 12.8. The summed E-state index contributed by atoms with van der Waals surface area (Å²) in [5.41, 5.74) is 0. The van der Waals surface area contributed by atoms with Gasteiger partial charge in [-0.25, -0.2) is 4.98 Å². The number of hydrogen-bond acceptors (Lipinski definition) is 4. The summed E-state index contributed by atoms with van der Waals surface area (Å²) in [6.07, 6.45) is 4.09. The zero-order chi connectivity index (χ0) is 12.1. The van der Waals surface area contributed by atoms with E-state index in [1.807, 2.05) is 16.8 Å². The zero-order valence-corrected chi connectivity index (χ0v) is 10.3. The maximum absolute atomic E-state index is 5.45. The van der Waals surface area contributed by atoms with E-state index >= 15 is 0 Å². The number of aryl methyl sites for hydroxylation is 1. The summed E-state index contributed by atoms with van der Waals surface area (Å²) >= 11 is 0. The molecule has 0 saturated heterocycles. The molecule has 1 atom stereocenters. The Morgan fingerprint density at radius 2 is 2.35 bits per heavy atom. The highest BCUT2D eigenvalue weighted by atomic mass is 16.3. The molecule has 0 aliphatic heterocycles. The molecule has 1 unspecified atom stereocenters. The molecule has 1 N–H and O–H groups in total. The first-order valence-electron chi connectivity index (χ1n) is 5.98. The van der Waals surface area contributed by atoms with E-state index in [9.17, 15) is 0 Å². The van der Waals surface area contributed by atoms with E-state index in [4.69, 9.17) is 4.42 Å². The lowest BCUT2D eigenvalue weighted by atomic mass is 10.1. The lowest BCUT2D eigenvalue weighted by molar-refractivity contribution is 0.406. The molecular formula is C12H18N4O. The minimum absolute atomic E-state index is 0.157. The molecular weight excluding hydrogens is 216 g/mol. The van der Waals surface area contributed by atoms with Crippen molar-refractivity contribution in [2.24, 2.45) is 0 Å². The van der Waals surface area contributed by atoms with Crippen LogP contribution in [0.5, 0.6) is 0 Å². The van der Waals surface area contributed by atoms with Crippen LogP contribution in [0.25, 0.3) is 0 Å². The van der Waals surface area contributed by atoms with Crippen molar-refractivity contribution in [2.75, 3.05) is 6.54 Å². The number of nitrogens with zero attached hydrogens (tertiary/aromatic N) is 3. The first-order chi connectivity index (χ1) is 8.35. The van der Waals surface area contributed by atoms with E-state index in [1.165, 1.54) is 0 Å². The van der Waals surface area contributed by atoms with Crippen molar-refractivity contribution in [1.29, 1.82) is 0 Å². The van der Waals surface area contributed by atoms with Crippen molar-refractivity contribution in [3.63, 3.8) is 0 Å². The van der Waals surface area contributed by atoms with Crippen LogP contribution in [0.3, 0.4) is 0 Å². The molecule has 2 rings (SSSR count). The number of aromatic nitrogens is 3. The average Bonchev–Trinajstić information content (AvgIpc) is 2.99. The van der Waals surface area contributed by atoms with Crippen molar-refractivity contribution < 1.29 is 4.42 Å². The van der Waals surface area contributed by atoms with Gasteiger partial charge in [0.2, 0.25) is 0 Å². The van der Waals surface area contributed by atoms with Crippen LogP contribution in [0.4, 0.5) is 0 Å². The molecule has 2 aromatic heterocycles. The van der Waals surface area contributed by atoms with Crippen LogP contribution in [0.15, 0.2) is 29.1 Å². The minimum atomic E-state index is 0.157. The van der Waals surface area contributed by atoms with Gasteiger partial charge in [0.1, 0.15) is 17.9 Å². The summed E-state index contributed by atoms with van der Waals surface area (Å²) in [6.45, 7) is 5.88. The zero-order valence-electron chi connectivity index (χ0n) is 10.3. The van der Waals surface area contributed by atoms with Gasteiger partial charge >= 0.3 is 0 Å². The van der Waals surface area contributed by atoms with E-state index in [0.717, 1.165) is 31.1 Å². The highest BCUT2D eigenvalue weighted by Gasteiger charge is 2.16. The third-order valence-corrected chi connectivity index (χ3v) is 2.72. The Balaban J connectivity index is 2.13. The van der Waals surface area contributed by atoms with Crippen molar-refractivity contribution in [3.05, 3.63) is 36.3 Å². The number of rotatable bonds is 6. The first kappa shape index (κ1) is 11.9. The van der Waals surface area contributed by atoms with Gasteiger partial charge in [-0.1, -0.05) is 6.92 Å². The molecule has 0 fully saturated rings. The van der Waals surface area contributed by atoms with Gasteiger partial charge in [-0.3, -0.25) is 4.68 Å². The van der Waals surface area contributed by atoms with E-state index in [0.29, 0.717) is 0 Å². The maximum atomic E-state index is 5.45. The van der Waals surface area contributed by atoms with Gasteiger partial charge in [0.25, 0.3) is 0 Å². The van der Waals surface area contributed by atoms with Crippen LogP contribution in [0.1, 0.15) is 31.5 Å². The average molecular weight is 234 g/mol. The van der Waals surface area contributed by atoms with Gasteiger partial charge in [0, 0.05) is 13.0 Å². The second-order valence-corrected chi connectivity index (χ2v) is 3.82. The van der Waals surface area contributed by atoms with Gasteiger partial charge in [0.05, 0.1) is 12.3 Å². The highest BCUT2D eigenvalue weighted by Crippen LogP contribution is 2.17. The van der Waals surface area contributed by atoms with Crippen LogP contribution >= 0.6 is 0 Å². The Kier molecular flexibility index (Phi) is 3.93. The van der Waals surface area contributed by atoms with E-state index < -0.39 is 0 Å². The molecule has 5 heteroatoms. The highest BCUT2D eigenvalue weighted by molar-refractivity contribution is 5.07. The fourth-order valence-corrected chi connectivity index (χ4v) is 1.90. The summed E-state index contributed by atoms with van der Waals surface area (Å²) < 4.78 is 7.36. The molecule has 2 aromatic rings. The summed E-state index contributed by atoms with van der Waals surface area (Å²) in [4.78, 5) is 4.29. The molecule has 0 aliphatic rings. The summed E-state index contributed by atoms with van der Waals surface area (Å²) in [5, 5.41) is 7.58. The van der Waals surface area contributed by atoms with Crippen molar-refractivity contribution in [2.45, 2.75) is 32.9 Å². The Hall–Kier alpha value is -1.62. The standard InChI is InChI=1S/C12H18N4O/c1-3-13-10(11-6-5-7-17-11)8-12-14-9-15-16(12)4-2/h5-7,9-10,13H,3-4,8H2,1-2H3. The van der Waals surface area contributed by atoms with Gasteiger partial charge in [-0.15, -0.1) is 0 Å². The van der Waals surface area contributed by atoms with Gasteiger partial charge in [0.15, 0.2) is 0 Å². The molecule has 0 radical (unpaired) electrons. The smallest absolute Gasteiger partial charge is 0.138 e. The Bertz CT molecular complexity index is 435. The SMILES string of the molecule is CCNC(Cc1ncnn1CC)c1ccco1. The number of likely N-dealkylation sites (N-methyl/N-ethyl adjacent to an activating group) is 1. The fourth-order valence-electron chi connectivity index (χ4n) is 1.90. The third-order valence-electron chi connectivity index (χ3n) is 2.72. The molecule has 5 nitrogen and oxygen atoms in total. The molecule has 0 saturated carbocycles. The molecule has 0 amide bonds. The number of hydrogen-bond donors (Lipinski definition) is 1. The summed E-state index contributed by atoms with van der Waals surface area (Å²) in [7, 11) is 0. The molecule has 0 aliphatic carbocycles. The van der Waals surface area contributed by atoms with Crippen LogP contribution in [0, 0.1) is 0 Å². The molecule has 0 spiro atoms. The van der Waals surface area contributed by atoms with Gasteiger partial charge in [-0.2, -0.15) is 5.10 Å².